The maximum atomic E-state index is 5.70. The molecule has 0 amide bonds. The number of rotatable bonds is 6. The van der Waals surface area contributed by atoms with Crippen molar-refractivity contribution in [1.82, 2.24) is 4.90 Å². The van der Waals surface area contributed by atoms with Crippen LogP contribution in [0.15, 0.2) is 24.3 Å². The van der Waals surface area contributed by atoms with Gasteiger partial charge in [-0.25, -0.2) is 0 Å². The largest absolute Gasteiger partial charge is 0.399 e. The molecular formula is C15H24N2. The fraction of sp³-hybridized carbons (Fsp3) is 0.600. The van der Waals surface area contributed by atoms with E-state index in [-0.39, 0.29) is 0 Å². The highest BCUT2D eigenvalue weighted by Gasteiger charge is 2.22. The fourth-order valence-electron chi connectivity index (χ4n) is 2.24. The van der Waals surface area contributed by atoms with Crippen LogP contribution in [0.5, 0.6) is 0 Å². The molecule has 0 saturated heterocycles. The van der Waals surface area contributed by atoms with Crippen molar-refractivity contribution in [3.8, 4) is 0 Å². The molecule has 2 heteroatoms. The van der Waals surface area contributed by atoms with Crippen molar-refractivity contribution in [1.29, 1.82) is 0 Å². The number of nitrogens with zero attached hydrogens (tertiary/aromatic N) is 1. The topological polar surface area (TPSA) is 29.3 Å². The average Bonchev–Trinajstić information content (AvgIpc) is 3.11. The van der Waals surface area contributed by atoms with Crippen LogP contribution in [0.25, 0.3) is 0 Å². The van der Waals surface area contributed by atoms with Gasteiger partial charge in [-0.15, -0.1) is 0 Å². The van der Waals surface area contributed by atoms with Crippen molar-refractivity contribution >= 4 is 5.69 Å². The van der Waals surface area contributed by atoms with E-state index < -0.39 is 0 Å². The third-order valence-corrected chi connectivity index (χ3v) is 3.72. The molecule has 1 aliphatic rings. The van der Waals surface area contributed by atoms with Gasteiger partial charge in [0, 0.05) is 12.2 Å². The number of benzene rings is 1. The second-order valence-corrected chi connectivity index (χ2v) is 5.56. The number of nitrogens with two attached hydrogens (primary N) is 1. The molecule has 2 nitrogen and oxygen atoms in total. The minimum absolute atomic E-state index is 0.622. The molecule has 94 valence electrons. The van der Waals surface area contributed by atoms with Crippen LogP contribution in [0, 0.1) is 5.92 Å². The predicted octanol–water partition coefficient (Wildman–Crippen LogP) is 3.10. The summed E-state index contributed by atoms with van der Waals surface area (Å²) in [5.41, 5.74) is 7.96. The molecule has 17 heavy (non-hydrogen) atoms. The number of hydrogen-bond donors (Lipinski definition) is 1. The molecule has 1 atom stereocenters. The van der Waals surface area contributed by atoms with Gasteiger partial charge in [0.2, 0.25) is 0 Å². The van der Waals surface area contributed by atoms with Crippen LogP contribution >= 0.6 is 0 Å². The molecule has 1 fully saturated rings. The Bertz CT molecular complexity index is 340. The van der Waals surface area contributed by atoms with Crippen molar-refractivity contribution < 1.29 is 0 Å². The lowest BCUT2D eigenvalue weighted by Crippen LogP contribution is -2.23. The molecule has 0 radical (unpaired) electrons. The molecule has 1 saturated carbocycles. The molecule has 1 unspecified atom stereocenters. The highest BCUT2D eigenvalue weighted by Crippen LogP contribution is 2.29. The highest BCUT2D eigenvalue weighted by atomic mass is 15.1. The normalized spacial score (nSPS) is 17.4. The van der Waals surface area contributed by atoms with Gasteiger partial charge < -0.3 is 10.6 Å². The van der Waals surface area contributed by atoms with Gasteiger partial charge in [-0.05, 0) is 62.4 Å². The van der Waals surface area contributed by atoms with Gasteiger partial charge in [0.1, 0.15) is 0 Å². The maximum absolute atomic E-state index is 5.70. The van der Waals surface area contributed by atoms with Gasteiger partial charge in [0.25, 0.3) is 0 Å². The van der Waals surface area contributed by atoms with E-state index in [1.54, 1.807) is 0 Å². The third kappa shape index (κ3) is 4.04. The van der Waals surface area contributed by atoms with E-state index in [1.165, 1.54) is 37.9 Å². The minimum Gasteiger partial charge on any atom is -0.399 e. The van der Waals surface area contributed by atoms with E-state index in [0.29, 0.717) is 5.92 Å². The van der Waals surface area contributed by atoms with Crippen molar-refractivity contribution in [2.75, 3.05) is 25.9 Å². The molecule has 0 aromatic heterocycles. The summed E-state index contributed by atoms with van der Waals surface area (Å²) in [6.07, 6.45) is 4.11. The van der Waals surface area contributed by atoms with E-state index in [0.717, 1.165) is 11.6 Å². The van der Waals surface area contributed by atoms with Crippen LogP contribution in [-0.2, 0) is 0 Å². The number of anilines is 1. The molecule has 0 bridgehead atoms. The molecule has 1 aromatic carbocycles. The Morgan fingerprint density at radius 2 is 1.94 bits per heavy atom. The standard InChI is InChI=1S/C15H24N2/c1-12(14-5-7-15(16)8-6-14)9-10-17(2)11-13-3-4-13/h5-8,12-13H,3-4,9-11,16H2,1-2H3. The smallest absolute Gasteiger partial charge is 0.0314 e. The minimum atomic E-state index is 0.622. The Morgan fingerprint density at radius 3 is 2.53 bits per heavy atom. The molecule has 2 rings (SSSR count). The first-order chi connectivity index (χ1) is 8.15. The molecule has 1 aromatic rings. The van der Waals surface area contributed by atoms with Crippen molar-refractivity contribution in [2.24, 2.45) is 5.92 Å². The lowest BCUT2D eigenvalue weighted by Gasteiger charge is -2.19. The second kappa shape index (κ2) is 5.54. The van der Waals surface area contributed by atoms with Crippen LogP contribution < -0.4 is 5.73 Å². The molecule has 0 heterocycles. The Hall–Kier alpha value is -1.02. The second-order valence-electron chi connectivity index (χ2n) is 5.56. The van der Waals surface area contributed by atoms with Gasteiger partial charge in [0.05, 0.1) is 0 Å². The summed E-state index contributed by atoms with van der Waals surface area (Å²) in [7, 11) is 2.24. The van der Waals surface area contributed by atoms with Crippen LogP contribution in [0.4, 0.5) is 5.69 Å². The zero-order valence-electron chi connectivity index (χ0n) is 11.0. The van der Waals surface area contributed by atoms with Crippen LogP contribution in [-0.4, -0.2) is 25.0 Å². The van der Waals surface area contributed by atoms with E-state index in [1.807, 2.05) is 12.1 Å². The van der Waals surface area contributed by atoms with Gasteiger partial charge in [-0.1, -0.05) is 19.1 Å². The Kier molecular flexibility index (Phi) is 4.06. The van der Waals surface area contributed by atoms with E-state index in [2.05, 4.69) is 31.0 Å². The predicted molar refractivity (Wildman–Crippen MR) is 74.1 cm³/mol. The average molecular weight is 232 g/mol. The van der Waals surface area contributed by atoms with Gasteiger partial charge in [-0.2, -0.15) is 0 Å². The van der Waals surface area contributed by atoms with Gasteiger partial charge in [-0.3, -0.25) is 0 Å². The van der Waals surface area contributed by atoms with E-state index >= 15 is 0 Å². The summed E-state index contributed by atoms with van der Waals surface area (Å²) in [4.78, 5) is 2.48. The highest BCUT2D eigenvalue weighted by molar-refractivity contribution is 5.40. The fourth-order valence-corrected chi connectivity index (χ4v) is 2.24. The third-order valence-electron chi connectivity index (χ3n) is 3.72. The van der Waals surface area contributed by atoms with Gasteiger partial charge >= 0.3 is 0 Å². The number of nitrogen functional groups attached to an aromatic ring is 1. The summed E-state index contributed by atoms with van der Waals surface area (Å²) in [6.45, 7) is 4.78. The van der Waals surface area contributed by atoms with Crippen molar-refractivity contribution in [2.45, 2.75) is 32.1 Å². The lowest BCUT2D eigenvalue weighted by atomic mass is 9.97. The first kappa shape index (κ1) is 12.4. The van der Waals surface area contributed by atoms with E-state index in [9.17, 15) is 0 Å². The Balaban J connectivity index is 1.75. The quantitative estimate of drug-likeness (QED) is 0.764. The van der Waals surface area contributed by atoms with Crippen LogP contribution in [0.1, 0.15) is 37.7 Å². The molecular weight excluding hydrogens is 208 g/mol. The number of hydrogen-bond acceptors (Lipinski definition) is 2. The molecule has 2 N–H and O–H groups in total. The summed E-state index contributed by atoms with van der Waals surface area (Å²) < 4.78 is 0. The SMILES string of the molecule is CC(CCN(C)CC1CC1)c1ccc(N)cc1. The molecule has 0 aliphatic heterocycles. The maximum Gasteiger partial charge on any atom is 0.0314 e. The summed E-state index contributed by atoms with van der Waals surface area (Å²) in [5, 5.41) is 0. The van der Waals surface area contributed by atoms with E-state index in [4.69, 9.17) is 5.73 Å². The van der Waals surface area contributed by atoms with Crippen molar-refractivity contribution in [3.63, 3.8) is 0 Å². The summed E-state index contributed by atoms with van der Waals surface area (Å²) in [6, 6.07) is 8.31. The monoisotopic (exact) mass is 232 g/mol. The summed E-state index contributed by atoms with van der Waals surface area (Å²) >= 11 is 0. The zero-order chi connectivity index (χ0) is 12.3. The Labute approximate surface area is 105 Å². The Morgan fingerprint density at radius 1 is 1.29 bits per heavy atom. The zero-order valence-corrected chi connectivity index (χ0v) is 11.0. The lowest BCUT2D eigenvalue weighted by molar-refractivity contribution is 0.308. The first-order valence-corrected chi connectivity index (χ1v) is 6.69. The molecule has 1 aliphatic carbocycles. The molecule has 0 spiro atoms. The summed E-state index contributed by atoms with van der Waals surface area (Å²) in [5.74, 6) is 1.61. The first-order valence-electron chi connectivity index (χ1n) is 6.69. The van der Waals surface area contributed by atoms with Crippen molar-refractivity contribution in [3.05, 3.63) is 29.8 Å². The van der Waals surface area contributed by atoms with Gasteiger partial charge in [0.15, 0.2) is 0 Å². The van der Waals surface area contributed by atoms with Crippen LogP contribution in [0.3, 0.4) is 0 Å². The van der Waals surface area contributed by atoms with Crippen LogP contribution in [0.2, 0.25) is 0 Å².